The van der Waals surface area contributed by atoms with Crippen molar-refractivity contribution in [3.8, 4) is 0 Å². The molecule has 3 rings (SSSR count). The lowest BCUT2D eigenvalue weighted by Gasteiger charge is -2.40. The number of carbonyl (C=O) groups excluding carboxylic acids is 2. The van der Waals surface area contributed by atoms with E-state index in [1.165, 1.54) is 32.8 Å². The van der Waals surface area contributed by atoms with Crippen molar-refractivity contribution in [2.45, 2.75) is 52.1 Å². The lowest BCUT2D eigenvalue weighted by Crippen LogP contribution is -2.58. The van der Waals surface area contributed by atoms with Gasteiger partial charge in [0.1, 0.15) is 5.60 Å². The van der Waals surface area contributed by atoms with Crippen LogP contribution in [0.4, 0.5) is 18.0 Å². The topological polar surface area (TPSA) is 114 Å². The third kappa shape index (κ3) is 7.03. The molecule has 2 heterocycles. The van der Waals surface area contributed by atoms with Crippen LogP contribution in [0, 0.1) is 6.92 Å². The van der Waals surface area contributed by atoms with E-state index in [1.54, 1.807) is 27.7 Å². The molecule has 1 saturated heterocycles. The molecule has 2 aromatic rings. The maximum absolute atomic E-state index is 13.3. The Morgan fingerprint density at radius 3 is 2.53 bits per heavy atom. The predicted molar refractivity (Wildman–Crippen MR) is 123 cm³/mol. The summed E-state index contributed by atoms with van der Waals surface area (Å²) in [4.78, 5) is 29.3. The molecule has 36 heavy (non-hydrogen) atoms. The number of piperazine rings is 1. The predicted octanol–water partition coefficient (Wildman–Crippen LogP) is 2.50. The Bertz CT molecular complexity index is 1130. The van der Waals surface area contributed by atoms with Crippen LogP contribution in [0.5, 0.6) is 0 Å². The highest BCUT2D eigenvalue weighted by Gasteiger charge is 2.34. The molecule has 0 spiro atoms. The third-order valence-electron chi connectivity index (χ3n) is 5.37. The molecule has 196 valence electrons. The normalized spacial score (nSPS) is 17.1. The van der Waals surface area contributed by atoms with Crippen molar-refractivity contribution in [3.05, 3.63) is 46.8 Å². The fourth-order valence-corrected chi connectivity index (χ4v) is 3.68. The van der Waals surface area contributed by atoms with Crippen molar-refractivity contribution in [3.63, 3.8) is 0 Å². The molecule has 10 nitrogen and oxygen atoms in total. The van der Waals surface area contributed by atoms with Crippen LogP contribution >= 0.6 is 0 Å². The number of tetrazole rings is 1. The van der Waals surface area contributed by atoms with Gasteiger partial charge in [-0.2, -0.15) is 18.0 Å². The number of ether oxygens (including phenoxy) is 1. The number of halogens is 3. The van der Waals surface area contributed by atoms with E-state index >= 15 is 0 Å². The van der Waals surface area contributed by atoms with Crippen molar-refractivity contribution in [1.29, 1.82) is 0 Å². The Kier molecular flexibility index (Phi) is 8.02. The van der Waals surface area contributed by atoms with Crippen LogP contribution < -0.4 is 0 Å². The van der Waals surface area contributed by atoms with Crippen LogP contribution in [0.3, 0.4) is 0 Å². The minimum absolute atomic E-state index is 0.0769. The third-order valence-corrected chi connectivity index (χ3v) is 5.37. The van der Waals surface area contributed by atoms with Gasteiger partial charge >= 0.3 is 12.3 Å². The van der Waals surface area contributed by atoms with Gasteiger partial charge in [0.05, 0.1) is 24.8 Å². The van der Waals surface area contributed by atoms with Gasteiger partial charge in [-0.1, -0.05) is 6.07 Å². The summed E-state index contributed by atoms with van der Waals surface area (Å²) < 4.78 is 45.2. The number of nitrogens with zero attached hydrogens (tertiary/aromatic N) is 6. The van der Waals surface area contributed by atoms with Crippen molar-refractivity contribution < 1.29 is 32.6 Å². The highest BCUT2D eigenvalue weighted by molar-refractivity contribution is 5.92. The van der Waals surface area contributed by atoms with Gasteiger partial charge in [0.15, 0.2) is 5.82 Å². The van der Waals surface area contributed by atoms with Gasteiger partial charge in [-0.3, -0.25) is 4.79 Å². The summed E-state index contributed by atoms with van der Waals surface area (Å²) in [7, 11) is 0. The maximum atomic E-state index is 13.3. The highest BCUT2D eigenvalue weighted by atomic mass is 19.4. The van der Waals surface area contributed by atoms with E-state index in [4.69, 9.17) is 4.74 Å². The molecule has 1 aliphatic rings. The summed E-state index contributed by atoms with van der Waals surface area (Å²) in [6.45, 7) is 6.86. The number of aliphatic hydroxyl groups excluding tert-OH is 1. The van der Waals surface area contributed by atoms with Gasteiger partial charge in [0, 0.05) is 25.7 Å². The Hall–Kier alpha value is -3.48. The number of aliphatic hydroxyl groups is 1. The Morgan fingerprint density at radius 2 is 1.94 bits per heavy atom. The molecule has 1 N–H and O–H groups in total. The fourth-order valence-electron chi connectivity index (χ4n) is 3.68. The minimum atomic E-state index is -4.54. The van der Waals surface area contributed by atoms with Gasteiger partial charge in [-0.05, 0) is 62.2 Å². The van der Waals surface area contributed by atoms with Gasteiger partial charge in [0.2, 0.25) is 5.91 Å². The van der Waals surface area contributed by atoms with Gasteiger partial charge in [-0.25, -0.2) is 4.79 Å². The average Bonchev–Trinajstić information content (AvgIpc) is 3.20. The number of rotatable bonds is 5. The van der Waals surface area contributed by atoms with Crippen molar-refractivity contribution >= 4 is 18.1 Å². The quantitative estimate of drug-likeness (QED) is 0.615. The molecule has 1 fully saturated rings. The first-order chi connectivity index (χ1) is 16.8. The van der Waals surface area contributed by atoms with Crippen molar-refractivity contribution in [2.75, 3.05) is 26.2 Å². The number of amides is 2. The van der Waals surface area contributed by atoms with Crippen LogP contribution in [0.25, 0.3) is 6.08 Å². The molecule has 0 aliphatic carbocycles. The average molecular weight is 511 g/mol. The standard InChI is InChI=1S/C23H29F3N6O4/c1-15-27-29-32(28-15)12-17-11-18(23(24,25)26)7-5-16(17)6-8-20(34)31-10-9-30(13-19(31)14-33)21(35)36-22(2,3)4/h5-8,11,19,33H,9-10,12-14H2,1-4H3/b8-6+/t19-/m0/s1. The van der Waals surface area contributed by atoms with E-state index in [-0.39, 0.29) is 38.3 Å². The number of benzene rings is 1. The SMILES string of the molecule is Cc1nnn(Cc2cc(C(F)(F)F)ccc2/C=C/C(=O)N2CCN(C(=O)OC(C)(C)C)C[C@H]2CO)n1. The zero-order valence-electron chi connectivity index (χ0n) is 20.5. The van der Waals surface area contributed by atoms with E-state index in [0.717, 1.165) is 12.1 Å². The monoisotopic (exact) mass is 510 g/mol. The first kappa shape index (κ1) is 27.1. The molecule has 13 heteroatoms. The second-order valence-corrected chi connectivity index (χ2v) is 9.41. The van der Waals surface area contributed by atoms with E-state index in [1.807, 2.05) is 0 Å². The summed E-state index contributed by atoms with van der Waals surface area (Å²) in [5.41, 5.74) is -0.892. The lowest BCUT2D eigenvalue weighted by atomic mass is 10.0. The molecule has 0 saturated carbocycles. The summed E-state index contributed by atoms with van der Waals surface area (Å²) in [5, 5.41) is 21.4. The van der Waals surface area contributed by atoms with E-state index in [0.29, 0.717) is 11.4 Å². The number of hydrogen-bond acceptors (Lipinski definition) is 7. The maximum Gasteiger partial charge on any atom is 0.416 e. The van der Waals surface area contributed by atoms with Gasteiger partial charge in [0.25, 0.3) is 0 Å². The smallest absolute Gasteiger partial charge is 0.416 e. The van der Waals surface area contributed by atoms with Gasteiger partial charge in [-0.15, -0.1) is 10.2 Å². The first-order valence-electron chi connectivity index (χ1n) is 11.3. The number of alkyl halides is 3. The summed E-state index contributed by atoms with van der Waals surface area (Å²) in [5.74, 6) is -0.0757. The Morgan fingerprint density at radius 1 is 1.22 bits per heavy atom. The first-order valence-corrected chi connectivity index (χ1v) is 11.3. The number of aryl methyl sites for hydroxylation is 1. The highest BCUT2D eigenvalue weighted by Crippen LogP contribution is 2.31. The van der Waals surface area contributed by atoms with Crippen LogP contribution in [0.1, 0.15) is 43.3 Å². The molecule has 0 unspecified atom stereocenters. The fraction of sp³-hybridized carbons (Fsp3) is 0.522. The summed E-state index contributed by atoms with van der Waals surface area (Å²) in [6.07, 6.45) is -2.43. The van der Waals surface area contributed by atoms with E-state index < -0.39 is 35.4 Å². The second kappa shape index (κ2) is 10.6. The molecule has 1 aliphatic heterocycles. The van der Waals surface area contributed by atoms with Gasteiger partial charge < -0.3 is 19.6 Å². The van der Waals surface area contributed by atoms with E-state index in [2.05, 4.69) is 15.4 Å². The van der Waals surface area contributed by atoms with Crippen LogP contribution in [0.15, 0.2) is 24.3 Å². The molecule has 1 aromatic heterocycles. The van der Waals surface area contributed by atoms with Crippen LogP contribution in [-0.4, -0.2) is 85.0 Å². The molecular formula is C23H29F3N6O4. The molecule has 1 aromatic carbocycles. The lowest BCUT2D eigenvalue weighted by molar-refractivity contribution is -0.137. The number of carbonyl (C=O) groups is 2. The van der Waals surface area contributed by atoms with Crippen molar-refractivity contribution in [2.24, 2.45) is 0 Å². The molecule has 0 radical (unpaired) electrons. The Labute approximate surface area is 206 Å². The minimum Gasteiger partial charge on any atom is -0.444 e. The summed E-state index contributed by atoms with van der Waals surface area (Å²) >= 11 is 0. The molecule has 1 atom stereocenters. The zero-order valence-corrected chi connectivity index (χ0v) is 20.5. The molecular weight excluding hydrogens is 481 g/mol. The largest absolute Gasteiger partial charge is 0.444 e. The summed E-state index contributed by atoms with van der Waals surface area (Å²) in [6, 6.07) is 2.54. The number of hydrogen-bond donors (Lipinski definition) is 1. The zero-order chi connectivity index (χ0) is 26.7. The van der Waals surface area contributed by atoms with Crippen molar-refractivity contribution in [1.82, 2.24) is 30.0 Å². The van der Waals surface area contributed by atoms with Crippen LogP contribution in [-0.2, 0) is 22.3 Å². The van der Waals surface area contributed by atoms with E-state index in [9.17, 15) is 27.9 Å². The molecule has 0 bridgehead atoms. The Balaban J connectivity index is 1.77. The number of aromatic nitrogens is 4. The van der Waals surface area contributed by atoms with Crippen LogP contribution in [0.2, 0.25) is 0 Å². The second-order valence-electron chi connectivity index (χ2n) is 9.41. The molecule has 2 amide bonds.